The molecule has 1 aromatic heterocycles. The van der Waals surface area contributed by atoms with Crippen molar-refractivity contribution in [2.75, 3.05) is 5.73 Å². The average molecular weight is 250 g/mol. The molecule has 1 aromatic carbocycles. The van der Waals surface area contributed by atoms with Gasteiger partial charge >= 0.3 is 0 Å². The maximum absolute atomic E-state index is 5.98. The smallest absolute Gasteiger partial charge is 0.138 e. The summed E-state index contributed by atoms with van der Waals surface area (Å²) in [5.74, 6) is 0.586. The molecule has 2 aromatic rings. The van der Waals surface area contributed by atoms with E-state index in [4.69, 9.17) is 22.1 Å². The molecule has 5 heteroatoms. The Bertz CT molecular complexity index is 514. The third-order valence-electron chi connectivity index (χ3n) is 2.17. The molecule has 17 heavy (non-hydrogen) atoms. The van der Waals surface area contributed by atoms with E-state index in [1.54, 1.807) is 30.6 Å². The summed E-state index contributed by atoms with van der Waals surface area (Å²) in [4.78, 5) is 8.32. The Labute approximate surface area is 104 Å². The van der Waals surface area contributed by atoms with Crippen LogP contribution in [-0.4, -0.2) is 9.97 Å². The molecule has 0 saturated carbocycles. The molecule has 0 fully saturated rings. The molecule has 0 aliphatic heterocycles. The van der Waals surface area contributed by atoms with Crippen LogP contribution in [0.2, 0.25) is 5.02 Å². The van der Waals surface area contributed by atoms with Gasteiger partial charge in [0.2, 0.25) is 0 Å². The largest absolute Gasteiger partial charge is 0.486 e. The van der Waals surface area contributed by atoms with Crippen molar-refractivity contribution in [3.63, 3.8) is 0 Å². The fraction of sp³-hybridized carbons (Fsp3) is 0.167. The van der Waals surface area contributed by atoms with Gasteiger partial charge in [0.25, 0.3) is 0 Å². The molecule has 4 nitrogen and oxygen atoms in total. The minimum Gasteiger partial charge on any atom is -0.486 e. The van der Waals surface area contributed by atoms with E-state index in [1.165, 1.54) is 0 Å². The van der Waals surface area contributed by atoms with Crippen molar-refractivity contribution < 1.29 is 4.74 Å². The summed E-state index contributed by atoms with van der Waals surface area (Å²) in [5.41, 5.74) is 7.83. The highest BCUT2D eigenvalue weighted by Crippen LogP contribution is 2.26. The van der Waals surface area contributed by atoms with E-state index in [0.717, 1.165) is 11.4 Å². The lowest BCUT2D eigenvalue weighted by molar-refractivity contribution is 0.301. The number of anilines is 1. The molecule has 0 saturated heterocycles. The maximum Gasteiger partial charge on any atom is 0.138 e. The monoisotopic (exact) mass is 249 g/mol. The van der Waals surface area contributed by atoms with Gasteiger partial charge in [0.1, 0.15) is 12.4 Å². The van der Waals surface area contributed by atoms with Crippen molar-refractivity contribution in [3.05, 3.63) is 47.0 Å². The molecule has 0 bridgehead atoms. The topological polar surface area (TPSA) is 61.0 Å². The number of ether oxygens (including phenoxy) is 1. The number of halogens is 1. The highest BCUT2D eigenvalue weighted by molar-refractivity contribution is 6.32. The van der Waals surface area contributed by atoms with Gasteiger partial charge in [-0.1, -0.05) is 11.6 Å². The van der Waals surface area contributed by atoms with Crippen LogP contribution < -0.4 is 10.5 Å². The minimum absolute atomic E-state index is 0.330. The van der Waals surface area contributed by atoms with Crippen molar-refractivity contribution >= 4 is 17.3 Å². The van der Waals surface area contributed by atoms with Crippen molar-refractivity contribution in [2.45, 2.75) is 13.5 Å². The van der Waals surface area contributed by atoms with Crippen molar-refractivity contribution in [1.29, 1.82) is 0 Å². The van der Waals surface area contributed by atoms with Gasteiger partial charge in [0, 0.05) is 11.9 Å². The SMILES string of the molecule is Cc1cnc(COc2ccc(N)cc2Cl)cn1. The van der Waals surface area contributed by atoms with E-state index in [-0.39, 0.29) is 0 Å². The van der Waals surface area contributed by atoms with E-state index in [2.05, 4.69) is 9.97 Å². The first-order chi connectivity index (χ1) is 8.15. The number of aryl methyl sites for hydroxylation is 1. The summed E-state index contributed by atoms with van der Waals surface area (Å²) in [6, 6.07) is 5.12. The number of nitrogens with two attached hydrogens (primary N) is 1. The van der Waals surface area contributed by atoms with Crippen LogP contribution in [0.1, 0.15) is 11.4 Å². The zero-order valence-electron chi connectivity index (χ0n) is 9.35. The van der Waals surface area contributed by atoms with Crippen LogP contribution in [-0.2, 0) is 6.61 Å². The van der Waals surface area contributed by atoms with E-state index in [9.17, 15) is 0 Å². The average Bonchev–Trinajstić information content (AvgIpc) is 2.30. The van der Waals surface area contributed by atoms with Gasteiger partial charge in [0.05, 0.1) is 22.6 Å². The van der Waals surface area contributed by atoms with Crippen molar-refractivity contribution in [3.8, 4) is 5.75 Å². The van der Waals surface area contributed by atoms with Crippen LogP contribution in [0.15, 0.2) is 30.6 Å². The third kappa shape index (κ3) is 3.07. The lowest BCUT2D eigenvalue weighted by Crippen LogP contribution is -2.00. The standard InChI is InChI=1S/C12H12ClN3O/c1-8-5-16-10(6-15-8)7-17-12-3-2-9(14)4-11(12)13/h2-6H,7,14H2,1H3. The molecule has 1 heterocycles. The lowest BCUT2D eigenvalue weighted by atomic mass is 10.3. The van der Waals surface area contributed by atoms with Gasteiger partial charge in [-0.25, -0.2) is 0 Å². The Morgan fingerprint density at radius 2 is 2.12 bits per heavy atom. The molecule has 0 radical (unpaired) electrons. The normalized spacial score (nSPS) is 10.2. The predicted molar refractivity (Wildman–Crippen MR) is 67.0 cm³/mol. The summed E-state index contributed by atoms with van der Waals surface area (Å²) in [7, 11) is 0. The number of hydrogen-bond donors (Lipinski definition) is 1. The van der Waals surface area contributed by atoms with Gasteiger partial charge in [0.15, 0.2) is 0 Å². The molecule has 0 amide bonds. The summed E-state index contributed by atoms with van der Waals surface area (Å²) < 4.78 is 5.53. The predicted octanol–water partition coefficient (Wildman–Crippen LogP) is 2.60. The summed E-state index contributed by atoms with van der Waals surface area (Å²) >= 11 is 5.98. The highest BCUT2D eigenvalue weighted by atomic mass is 35.5. The Kier molecular flexibility index (Phi) is 3.44. The van der Waals surface area contributed by atoms with Crippen LogP contribution in [0, 0.1) is 6.92 Å². The van der Waals surface area contributed by atoms with Crippen molar-refractivity contribution in [1.82, 2.24) is 9.97 Å². The maximum atomic E-state index is 5.98. The summed E-state index contributed by atoms with van der Waals surface area (Å²) in [6.07, 6.45) is 3.38. The first kappa shape index (κ1) is 11.7. The fourth-order valence-electron chi connectivity index (χ4n) is 1.28. The number of rotatable bonds is 3. The van der Waals surface area contributed by atoms with Crippen LogP contribution in [0.3, 0.4) is 0 Å². The summed E-state index contributed by atoms with van der Waals surface area (Å²) in [5, 5.41) is 0.491. The second kappa shape index (κ2) is 5.01. The fourth-order valence-corrected chi connectivity index (χ4v) is 1.52. The molecule has 0 atom stereocenters. The van der Waals surface area contributed by atoms with Crippen LogP contribution in [0.25, 0.3) is 0 Å². The third-order valence-corrected chi connectivity index (χ3v) is 2.46. The second-order valence-electron chi connectivity index (χ2n) is 3.63. The van der Waals surface area contributed by atoms with E-state index in [1.807, 2.05) is 6.92 Å². The molecule has 2 rings (SSSR count). The second-order valence-corrected chi connectivity index (χ2v) is 4.03. The minimum atomic E-state index is 0.330. The van der Waals surface area contributed by atoms with Crippen molar-refractivity contribution in [2.24, 2.45) is 0 Å². The number of nitrogens with zero attached hydrogens (tertiary/aromatic N) is 2. The first-order valence-corrected chi connectivity index (χ1v) is 5.48. The molecule has 0 aliphatic rings. The van der Waals surface area contributed by atoms with Gasteiger partial charge in [-0.2, -0.15) is 0 Å². The number of hydrogen-bond acceptors (Lipinski definition) is 4. The number of benzene rings is 1. The van der Waals surface area contributed by atoms with Crippen LogP contribution >= 0.6 is 11.6 Å². The Balaban J connectivity index is 2.04. The van der Waals surface area contributed by atoms with Gasteiger partial charge in [-0.15, -0.1) is 0 Å². The van der Waals surface area contributed by atoms with Crippen LogP contribution in [0.5, 0.6) is 5.75 Å². The van der Waals surface area contributed by atoms with Crippen LogP contribution in [0.4, 0.5) is 5.69 Å². The molecule has 2 N–H and O–H groups in total. The Hall–Kier alpha value is -1.81. The molecule has 88 valence electrons. The quantitative estimate of drug-likeness (QED) is 0.850. The zero-order valence-corrected chi connectivity index (χ0v) is 10.1. The molecule has 0 spiro atoms. The number of nitrogen functional groups attached to an aromatic ring is 1. The van der Waals surface area contributed by atoms with Gasteiger partial charge in [-0.05, 0) is 25.1 Å². The number of aromatic nitrogens is 2. The van der Waals surface area contributed by atoms with E-state index >= 15 is 0 Å². The first-order valence-electron chi connectivity index (χ1n) is 5.10. The zero-order chi connectivity index (χ0) is 12.3. The Morgan fingerprint density at radius 3 is 2.76 bits per heavy atom. The molecule has 0 unspecified atom stereocenters. The lowest BCUT2D eigenvalue weighted by Gasteiger charge is -2.07. The molecular formula is C12H12ClN3O. The highest BCUT2D eigenvalue weighted by Gasteiger charge is 2.03. The van der Waals surface area contributed by atoms with Gasteiger partial charge < -0.3 is 10.5 Å². The Morgan fingerprint density at radius 1 is 1.29 bits per heavy atom. The van der Waals surface area contributed by atoms with Gasteiger partial charge in [-0.3, -0.25) is 9.97 Å². The molecular weight excluding hydrogens is 238 g/mol. The summed E-state index contributed by atoms with van der Waals surface area (Å²) in [6.45, 7) is 2.21. The molecule has 0 aliphatic carbocycles. The van der Waals surface area contributed by atoms with E-state index < -0.39 is 0 Å². The van der Waals surface area contributed by atoms with E-state index in [0.29, 0.717) is 23.1 Å².